The standard InChI is InChI=1S/C15H25N3O2/c1-4-13(5-2)17-8-9-20-15-10-12(16)6-7-14(15)18-11(3)19/h6-7,10,13,17H,4-5,8-9,16H2,1-3H3,(H,18,19). The molecular weight excluding hydrogens is 254 g/mol. The van der Waals surface area contributed by atoms with E-state index in [0.29, 0.717) is 29.8 Å². The van der Waals surface area contributed by atoms with Crippen LogP contribution in [0, 0.1) is 0 Å². The molecule has 1 rings (SSSR count). The second kappa shape index (κ2) is 8.43. The van der Waals surface area contributed by atoms with Crippen molar-refractivity contribution in [2.45, 2.75) is 39.7 Å². The normalized spacial score (nSPS) is 10.6. The highest BCUT2D eigenvalue weighted by Crippen LogP contribution is 2.26. The molecule has 4 N–H and O–H groups in total. The summed E-state index contributed by atoms with van der Waals surface area (Å²) in [4.78, 5) is 11.1. The van der Waals surface area contributed by atoms with Gasteiger partial charge in [0.25, 0.3) is 0 Å². The number of amides is 1. The van der Waals surface area contributed by atoms with E-state index in [9.17, 15) is 4.79 Å². The van der Waals surface area contributed by atoms with E-state index < -0.39 is 0 Å². The van der Waals surface area contributed by atoms with Crippen molar-refractivity contribution in [2.75, 3.05) is 24.2 Å². The van der Waals surface area contributed by atoms with E-state index in [0.717, 1.165) is 19.4 Å². The summed E-state index contributed by atoms with van der Waals surface area (Å²) < 4.78 is 5.70. The number of anilines is 2. The first-order chi connectivity index (χ1) is 9.56. The fourth-order valence-corrected chi connectivity index (χ4v) is 1.95. The lowest BCUT2D eigenvalue weighted by Crippen LogP contribution is -2.31. The van der Waals surface area contributed by atoms with Crippen LogP contribution in [0.15, 0.2) is 18.2 Å². The number of rotatable bonds is 8. The molecule has 0 atom stereocenters. The van der Waals surface area contributed by atoms with Crippen molar-refractivity contribution < 1.29 is 9.53 Å². The molecule has 0 saturated heterocycles. The lowest BCUT2D eigenvalue weighted by Gasteiger charge is -2.16. The third kappa shape index (κ3) is 5.48. The van der Waals surface area contributed by atoms with Gasteiger partial charge in [-0.25, -0.2) is 0 Å². The molecule has 0 aromatic heterocycles. The minimum absolute atomic E-state index is 0.130. The summed E-state index contributed by atoms with van der Waals surface area (Å²) in [6.45, 7) is 7.09. The van der Waals surface area contributed by atoms with E-state index in [1.54, 1.807) is 18.2 Å². The van der Waals surface area contributed by atoms with Crippen molar-refractivity contribution in [3.05, 3.63) is 18.2 Å². The molecule has 0 aliphatic carbocycles. The predicted molar refractivity (Wildman–Crippen MR) is 83.0 cm³/mol. The molecule has 0 unspecified atom stereocenters. The van der Waals surface area contributed by atoms with E-state index >= 15 is 0 Å². The Kier molecular flexibility index (Phi) is 6.87. The van der Waals surface area contributed by atoms with Crippen molar-refractivity contribution in [3.63, 3.8) is 0 Å². The molecule has 0 aliphatic heterocycles. The van der Waals surface area contributed by atoms with Gasteiger partial charge in [0, 0.05) is 31.3 Å². The molecule has 0 radical (unpaired) electrons. The lowest BCUT2D eigenvalue weighted by molar-refractivity contribution is -0.114. The van der Waals surface area contributed by atoms with Gasteiger partial charge in [-0.05, 0) is 25.0 Å². The SMILES string of the molecule is CCC(CC)NCCOc1cc(N)ccc1NC(C)=O. The van der Waals surface area contributed by atoms with Gasteiger partial charge in [0.15, 0.2) is 0 Å². The van der Waals surface area contributed by atoms with Gasteiger partial charge in [-0.3, -0.25) is 4.79 Å². The first-order valence-corrected chi connectivity index (χ1v) is 7.10. The second-order valence-electron chi connectivity index (χ2n) is 4.75. The molecule has 0 aliphatic rings. The van der Waals surface area contributed by atoms with Crippen LogP contribution in [0.1, 0.15) is 33.6 Å². The van der Waals surface area contributed by atoms with Crippen molar-refractivity contribution in [3.8, 4) is 5.75 Å². The molecule has 1 aromatic carbocycles. The van der Waals surface area contributed by atoms with Gasteiger partial charge in [0.05, 0.1) is 5.69 Å². The van der Waals surface area contributed by atoms with Crippen molar-refractivity contribution in [1.82, 2.24) is 5.32 Å². The molecule has 0 spiro atoms. The highest BCUT2D eigenvalue weighted by molar-refractivity contribution is 5.90. The molecule has 1 aromatic rings. The van der Waals surface area contributed by atoms with Crippen LogP contribution in [-0.2, 0) is 4.79 Å². The van der Waals surface area contributed by atoms with Crippen molar-refractivity contribution in [1.29, 1.82) is 0 Å². The predicted octanol–water partition coefficient (Wildman–Crippen LogP) is 2.38. The van der Waals surface area contributed by atoms with Gasteiger partial charge in [0.1, 0.15) is 12.4 Å². The molecule has 0 bridgehead atoms. The summed E-state index contributed by atoms with van der Waals surface area (Å²) >= 11 is 0. The van der Waals surface area contributed by atoms with Crippen molar-refractivity contribution in [2.24, 2.45) is 0 Å². The summed E-state index contributed by atoms with van der Waals surface area (Å²) in [5.74, 6) is 0.473. The van der Waals surface area contributed by atoms with Gasteiger partial charge >= 0.3 is 0 Å². The van der Waals surface area contributed by atoms with Gasteiger partial charge in [0.2, 0.25) is 5.91 Å². The zero-order valence-electron chi connectivity index (χ0n) is 12.5. The number of nitrogens with two attached hydrogens (primary N) is 1. The topological polar surface area (TPSA) is 76.4 Å². The Bertz CT molecular complexity index is 431. The van der Waals surface area contributed by atoms with Crippen LogP contribution >= 0.6 is 0 Å². The maximum atomic E-state index is 11.1. The summed E-state index contributed by atoms with van der Waals surface area (Å²) in [6, 6.07) is 5.73. The zero-order chi connectivity index (χ0) is 15.0. The van der Waals surface area contributed by atoms with Crippen LogP contribution in [0.3, 0.4) is 0 Å². The van der Waals surface area contributed by atoms with E-state index in [1.165, 1.54) is 6.92 Å². The monoisotopic (exact) mass is 279 g/mol. The zero-order valence-corrected chi connectivity index (χ0v) is 12.5. The van der Waals surface area contributed by atoms with Crippen LogP contribution in [0.25, 0.3) is 0 Å². The Labute approximate surface area is 120 Å². The number of hydrogen-bond donors (Lipinski definition) is 3. The lowest BCUT2D eigenvalue weighted by atomic mass is 10.2. The number of carbonyl (C=O) groups excluding carboxylic acids is 1. The van der Waals surface area contributed by atoms with Crippen LogP contribution in [0.4, 0.5) is 11.4 Å². The van der Waals surface area contributed by atoms with Gasteiger partial charge in [-0.2, -0.15) is 0 Å². The largest absolute Gasteiger partial charge is 0.490 e. The Morgan fingerprint density at radius 3 is 2.65 bits per heavy atom. The minimum atomic E-state index is -0.130. The fraction of sp³-hybridized carbons (Fsp3) is 0.533. The van der Waals surface area contributed by atoms with Gasteiger partial charge < -0.3 is 21.1 Å². The Morgan fingerprint density at radius 1 is 1.35 bits per heavy atom. The third-order valence-corrected chi connectivity index (χ3v) is 3.09. The quantitative estimate of drug-likeness (QED) is 0.504. The number of carbonyl (C=O) groups is 1. The number of hydrogen-bond acceptors (Lipinski definition) is 4. The average Bonchev–Trinajstić information content (AvgIpc) is 2.41. The number of nitrogen functional groups attached to an aromatic ring is 1. The maximum absolute atomic E-state index is 11.1. The Morgan fingerprint density at radius 2 is 2.05 bits per heavy atom. The average molecular weight is 279 g/mol. The Hall–Kier alpha value is -1.75. The highest BCUT2D eigenvalue weighted by atomic mass is 16.5. The summed E-state index contributed by atoms with van der Waals surface area (Å²) in [5, 5.41) is 6.15. The third-order valence-electron chi connectivity index (χ3n) is 3.09. The van der Waals surface area contributed by atoms with Gasteiger partial charge in [-0.1, -0.05) is 13.8 Å². The first kappa shape index (κ1) is 16.3. The van der Waals surface area contributed by atoms with Crippen LogP contribution < -0.4 is 21.1 Å². The minimum Gasteiger partial charge on any atom is -0.490 e. The number of ether oxygens (including phenoxy) is 1. The molecule has 5 nitrogen and oxygen atoms in total. The highest BCUT2D eigenvalue weighted by Gasteiger charge is 2.07. The molecule has 0 heterocycles. The smallest absolute Gasteiger partial charge is 0.221 e. The van der Waals surface area contributed by atoms with Crippen LogP contribution in [0.2, 0.25) is 0 Å². The molecule has 0 saturated carbocycles. The van der Waals surface area contributed by atoms with Crippen LogP contribution in [-0.4, -0.2) is 25.1 Å². The number of nitrogens with one attached hydrogen (secondary N) is 2. The fourth-order valence-electron chi connectivity index (χ4n) is 1.95. The summed E-state index contributed by atoms with van der Waals surface area (Å²) in [5.41, 5.74) is 7.01. The molecule has 1 amide bonds. The first-order valence-electron chi connectivity index (χ1n) is 7.10. The van der Waals surface area contributed by atoms with Gasteiger partial charge in [-0.15, -0.1) is 0 Å². The summed E-state index contributed by atoms with van der Waals surface area (Å²) in [7, 11) is 0. The maximum Gasteiger partial charge on any atom is 0.221 e. The second-order valence-corrected chi connectivity index (χ2v) is 4.75. The number of benzene rings is 1. The molecule has 5 heteroatoms. The summed E-state index contributed by atoms with van der Waals surface area (Å²) in [6.07, 6.45) is 2.21. The van der Waals surface area contributed by atoms with E-state index in [1.807, 2.05) is 0 Å². The molecule has 112 valence electrons. The van der Waals surface area contributed by atoms with Crippen molar-refractivity contribution >= 4 is 17.3 Å². The van der Waals surface area contributed by atoms with Crippen LogP contribution in [0.5, 0.6) is 5.75 Å². The van der Waals surface area contributed by atoms with E-state index in [-0.39, 0.29) is 5.91 Å². The van der Waals surface area contributed by atoms with E-state index in [4.69, 9.17) is 10.5 Å². The molecule has 20 heavy (non-hydrogen) atoms. The molecular formula is C15H25N3O2. The Balaban J connectivity index is 2.53. The molecule has 0 fully saturated rings. The van der Waals surface area contributed by atoms with E-state index in [2.05, 4.69) is 24.5 Å².